The van der Waals surface area contributed by atoms with Crippen molar-refractivity contribution in [3.05, 3.63) is 24.3 Å². The van der Waals surface area contributed by atoms with E-state index in [4.69, 9.17) is 11.5 Å². The first-order valence-corrected chi connectivity index (χ1v) is 4.68. The van der Waals surface area contributed by atoms with Crippen LogP contribution in [0.4, 0.5) is 5.69 Å². The molecule has 0 aliphatic carbocycles. The maximum Gasteiger partial charge on any atom is 0.191 e. The average molecular weight is 181 g/mol. The van der Waals surface area contributed by atoms with Crippen LogP contribution in [0.15, 0.2) is 34.2 Å². The summed E-state index contributed by atoms with van der Waals surface area (Å²) in [6.07, 6.45) is 2.02. The van der Waals surface area contributed by atoms with Gasteiger partial charge in [-0.05, 0) is 30.5 Å². The molecule has 0 unspecified atom stereocenters. The lowest BCUT2D eigenvalue weighted by Crippen LogP contribution is -2.21. The lowest BCUT2D eigenvalue weighted by Gasteiger charge is -1.96. The van der Waals surface area contributed by atoms with Crippen molar-refractivity contribution in [3.8, 4) is 0 Å². The van der Waals surface area contributed by atoms with Gasteiger partial charge in [-0.3, -0.25) is 0 Å². The van der Waals surface area contributed by atoms with Crippen molar-refractivity contribution in [2.75, 3.05) is 6.26 Å². The first-order valence-electron chi connectivity index (χ1n) is 3.46. The van der Waals surface area contributed by atoms with E-state index in [1.165, 1.54) is 4.90 Å². The highest BCUT2D eigenvalue weighted by molar-refractivity contribution is 7.98. The van der Waals surface area contributed by atoms with E-state index in [1.807, 2.05) is 30.5 Å². The van der Waals surface area contributed by atoms with Gasteiger partial charge in [-0.1, -0.05) is 0 Å². The number of rotatable bonds is 2. The summed E-state index contributed by atoms with van der Waals surface area (Å²) in [5.74, 6) is 0.0897. The second-order valence-electron chi connectivity index (χ2n) is 2.23. The summed E-state index contributed by atoms with van der Waals surface area (Å²) in [6.45, 7) is 0. The van der Waals surface area contributed by atoms with Gasteiger partial charge < -0.3 is 11.5 Å². The molecule has 0 heterocycles. The Morgan fingerprint density at radius 2 is 1.83 bits per heavy atom. The summed E-state index contributed by atoms with van der Waals surface area (Å²) in [4.78, 5) is 5.10. The number of benzene rings is 1. The van der Waals surface area contributed by atoms with Crippen LogP contribution >= 0.6 is 11.8 Å². The van der Waals surface area contributed by atoms with Crippen LogP contribution in [-0.2, 0) is 0 Å². The molecular formula is C8H11N3S. The number of nitrogens with two attached hydrogens (primary N) is 2. The molecule has 0 saturated heterocycles. The van der Waals surface area contributed by atoms with Crippen molar-refractivity contribution in [1.29, 1.82) is 0 Å². The van der Waals surface area contributed by atoms with Crippen molar-refractivity contribution in [3.63, 3.8) is 0 Å². The molecule has 0 radical (unpaired) electrons. The van der Waals surface area contributed by atoms with Crippen LogP contribution in [0.2, 0.25) is 0 Å². The van der Waals surface area contributed by atoms with Gasteiger partial charge in [0.05, 0.1) is 5.69 Å². The Balaban J connectivity index is 2.85. The number of guanidine groups is 1. The minimum absolute atomic E-state index is 0.0897. The summed E-state index contributed by atoms with van der Waals surface area (Å²) in [5.41, 5.74) is 11.2. The van der Waals surface area contributed by atoms with E-state index in [0.29, 0.717) is 0 Å². The fraction of sp³-hybridized carbons (Fsp3) is 0.125. The predicted molar refractivity (Wildman–Crippen MR) is 53.7 cm³/mol. The van der Waals surface area contributed by atoms with Crippen LogP contribution in [0.25, 0.3) is 0 Å². The van der Waals surface area contributed by atoms with Crippen LogP contribution in [0, 0.1) is 0 Å². The molecule has 12 heavy (non-hydrogen) atoms. The van der Waals surface area contributed by atoms with E-state index in [-0.39, 0.29) is 5.96 Å². The molecule has 0 spiro atoms. The Kier molecular flexibility index (Phi) is 2.99. The molecular weight excluding hydrogens is 170 g/mol. The number of hydrogen-bond acceptors (Lipinski definition) is 2. The molecule has 0 atom stereocenters. The van der Waals surface area contributed by atoms with E-state index < -0.39 is 0 Å². The molecule has 0 amide bonds. The fourth-order valence-electron chi connectivity index (χ4n) is 0.806. The Morgan fingerprint density at radius 3 is 2.25 bits per heavy atom. The molecule has 0 aliphatic rings. The Bertz CT molecular complexity index is 275. The Hall–Kier alpha value is -1.16. The molecule has 0 aromatic heterocycles. The number of thioether (sulfide) groups is 1. The number of nitrogens with zero attached hydrogens (tertiary/aromatic N) is 1. The molecule has 64 valence electrons. The minimum atomic E-state index is 0.0897. The molecule has 4 heteroatoms. The normalized spacial score (nSPS) is 9.42. The van der Waals surface area contributed by atoms with E-state index in [1.54, 1.807) is 11.8 Å². The molecule has 1 rings (SSSR count). The van der Waals surface area contributed by atoms with Crippen LogP contribution in [0.3, 0.4) is 0 Å². The number of aliphatic imine (C=N–C) groups is 1. The van der Waals surface area contributed by atoms with Gasteiger partial charge in [-0.2, -0.15) is 0 Å². The van der Waals surface area contributed by atoms with E-state index in [2.05, 4.69) is 4.99 Å². The third-order valence-electron chi connectivity index (χ3n) is 1.33. The zero-order valence-electron chi connectivity index (χ0n) is 6.82. The minimum Gasteiger partial charge on any atom is -0.370 e. The van der Waals surface area contributed by atoms with E-state index in [9.17, 15) is 0 Å². The lowest BCUT2D eigenvalue weighted by molar-refractivity contribution is 1.38. The summed E-state index contributed by atoms with van der Waals surface area (Å²) in [6, 6.07) is 7.72. The molecule has 0 bridgehead atoms. The largest absolute Gasteiger partial charge is 0.370 e. The third kappa shape index (κ3) is 2.47. The Morgan fingerprint density at radius 1 is 1.25 bits per heavy atom. The zero-order chi connectivity index (χ0) is 8.97. The SMILES string of the molecule is CSc1ccc(N=C(N)N)cc1. The third-order valence-corrected chi connectivity index (χ3v) is 2.07. The Labute approximate surface area is 75.9 Å². The highest BCUT2D eigenvalue weighted by Gasteiger charge is 1.90. The second-order valence-corrected chi connectivity index (χ2v) is 3.11. The monoisotopic (exact) mass is 181 g/mol. The molecule has 0 saturated carbocycles. The fourth-order valence-corrected chi connectivity index (χ4v) is 1.21. The molecule has 0 aliphatic heterocycles. The van der Waals surface area contributed by atoms with E-state index >= 15 is 0 Å². The van der Waals surface area contributed by atoms with Crippen molar-refractivity contribution in [2.45, 2.75) is 4.90 Å². The first kappa shape index (κ1) is 8.93. The van der Waals surface area contributed by atoms with Gasteiger partial charge >= 0.3 is 0 Å². The van der Waals surface area contributed by atoms with Crippen molar-refractivity contribution >= 4 is 23.4 Å². The summed E-state index contributed by atoms with van der Waals surface area (Å²) < 4.78 is 0. The topological polar surface area (TPSA) is 64.4 Å². The second kappa shape index (κ2) is 4.01. The zero-order valence-corrected chi connectivity index (χ0v) is 7.64. The van der Waals surface area contributed by atoms with Gasteiger partial charge in [0.1, 0.15) is 0 Å². The van der Waals surface area contributed by atoms with Crippen molar-refractivity contribution in [1.82, 2.24) is 0 Å². The average Bonchev–Trinajstić information content (AvgIpc) is 2.05. The summed E-state index contributed by atoms with van der Waals surface area (Å²) >= 11 is 1.69. The van der Waals surface area contributed by atoms with Gasteiger partial charge in [0.25, 0.3) is 0 Å². The molecule has 3 nitrogen and oxygen atoms in total. The first-order chi connectivity index (χ1) is 5.72. The summed E-state index contributed by atoms with van der Waals surface area (Å²) in [7, 11) is 0. The van der Waals surface area contributed by atoms with Gasteiger partial charge in [-0.15, -0.1) is 11.8 Å². The van der Waals surface area contributed by atoms with Gasteiger partial charge in [-0.25, -0.2) is 4.99 Å². The van der Waals surface area contributed by atoms with Crippen LogP contribution in [-0.4, -0.2) is 12.2 Å². The highest BCUT2D eigenvalue weighted by atomic mass is 32.2. The lowest BCUT2D eigenvalue weighted by atomic mass is 10.3. The van der Waals surface area contributed by atoms with Gasteiger partial charge in [0.15, 0.2) is 5.96 Å². The van der Waals surface area contributed by atoms with Gasteiger partial charge in [0.2, 0.25) is 0 Å². The van der Waals surface area contributed by atoms with Gasteiger partial charge in [0, 0.05) is 4.90 Å². The predicted octanol–water partition coefficient (Wildman–Crippen LogP) is 1.31. The van der Waals surface area contributed by atoms with Crippen molar-refractivity contribution < 1.29 is 0 Å². The van der Waals surface area contributed by atoms with Crippen LogP contribution in [0.5, 0.6) is 0 Å². The standard InChI is InChI=1S/C8H11N3S/c1-12-7-4-2-6(3-5-7)11-8(9)10/h2-5H,1H3,(H4,9,10,11). The van der Waals surface area contributed by atoms with E-state index in [0.717, 1.165) is 5.69 Å². The maximum absolute atomic E-state index is 5.22. The summed E-state index contributed by atoms with van der Waals surface area (Å²) in [5, 5.41) is 0. The molecule has 4 N–H and O–H groups in total. The molecule has 0 fully saturated rings. The molecule has 1 aromatic rings. The smallest absolute Gasteiger partial charge is 0.191 e. The quantitative estimate of drug-likeness (QED) is 0.411. The van der Waals surface area contributed by atoms with Crippen LogP contribution < -0.4 is 11.5 Å². The molecule has 1 aromatic carbocycles. The number of hydrogen-bond donors (Lipinski definition) is 2. The van der Waals surface area contributed by atoms with Crippen LogP contribution in [0.1, 0.15) is 0 Å². The maximum atomic E-state index is 5.22. The van der Waals surface area contributed by atoms with Crippen molar-refractivity contribution in [2.24, 2.45) is 16.5 Å². The highest BCUT2D eigenvalue weighted by Crippen LogP contribution is 2.18.